The minimum atomic E-state index is -0.439. The molecule has 0 atom stereocenters. The van der Waals surface area contributed by atoms with E-state index in [1.54, 1.807) is 6.07 Å². The molecule has 0 heterocycles. The molecule has 0 unspecified atom stereocenters. The number of rotatable bonds is 8. The van der Waals surface area contributed by atoms with Gasteiger partial charge in [-0.15, -0.1) is 0 Å². The lowest BCUT2D eigenvalue weighted by Crippen LogP contribution is -2.07. The lowest BCUT2D eigenvalue weighted by Gasteiger charge is -2.12. The van der Waals surface area contributed by atoms with Gasteiger partial charge in [0.2, 0.25) is 0 Å². The molecule has 0 saturated carbocycles. The molecule has 1 aromatic carbocycles. The zero-order chi connectivity index (χ0) is 14.3. The maximum Gasteiger partial charge on any atom is 0.277 e. The van der Waals surface area contributed by atoms with Crippen LogP contribution in [0.1, 0.15) is 12.5 Å². The highest BCUT2D eigenvalue weighted by molar-refractivity contribution is 9.08. The fraction of sp³-hybridized carbons (Fsp3) is 0.500. The van der Waals surface area contributed by atoms with E-state index in [0.29, 0.717) is 42.2 Å². The van der Waals surface area contributed by atoms with Gasteiger partial charge in [0.05, 0.1) is 24.7 Å². The van der Waals surface area contributed by atoms with Crippen LogP contribution in [-0.4, -0.2) is 31.9 Å². The van der Waals surface area contributed by atoms with Crippen LogP contribution in [-0.2, 0) is 10.1 Å². The van der Waals surface area contributed by atoms with Gasteiger partial charge in [-0.1, -0.05) is 15.9 Å². The number of nitro benzene ring substituents is 1. The molecule has 0 aliphatic carbocycles. The number of benzene rings is 1. The number of nitro groups is 1. The second-order valence-electron chi connectivity index (χ2n) is 3.57. The topological polar surface area (TPSA) is 70.8 Å². The molecule has 0 amide bonds. The summed E-state index contributed by atoms with van der Waals surface area (Å²) >= 11 is 3.22. The van der Waals surface area contributed by atoms with E-state index in [-0.39, 0.29) is 5.69 Å². The Hall–Kier alpha value is -1.34. The van der Waals surface area contributed by atoms with Crippen molar-refractivity contribution in [1.29, 1.82) is 0 Å². The lowest BCUT2D eigenvalue weighted by molar-refractivity contribution is -0.385. The summed E-state index contributed by atoms with van der Waals surface area (Å²) in [5, 5.41) is 11.3. The van der Waals surface area contributed by atoms with Crippen LogP contribution < -0.4 is 9.47 Å². The first-order chi connectivity index (χ1) is 9.13. The molecule has 0 fully saturated rings. The van der Waals surface area contributed by atoms with E-state index in [9.17, 15) is 10.1 Å². The predicted molar refractivity (Wildman–Crippen MR) is 74.3 cm³/mol. The van der Waals surface area contributed by atoms with Gasteiger partial charge >= 0.3 is 0 Å². The number of alkyl halides is 1. The third-order valence-corrected chi connectivity index (χ3v) is 3.00. The summed E-state index contributed by atoms with van der Waals surface area (Å²) in [4.78, 5) is 10.5. The number of hydrogen-bond donors (Lipinski definition) is 0. The van der Waals surface area contributed by atoms with Crippen LogP contribution in [0.4, 0.5) is 5.69 Å². The number of halogens is 1. The van der Waals surface area contributed by atoms with E-state index in [4.69, 9.17) is 14.2 Å². The number of ether oxygens (including phenoxy) is 3. The largest absolute Gasteiger partial charge is 0.493 e. The molecule has 19 heavy (non-hydrogen) atoms. The number of methoxy groups -OCH3 is 1. The molecule has 0 aliphatic rings. The van der Waals surface area contributed by atoms with Crippen LogP contribution in [0.2, 0.25) is 0 Å². The molecule has 0 aromatic heterocycles. The summed E-state index contributed by atoms with van der Waals surface area (Å²) in [6.45, 7) is 3.22. The Balaban J connectivity index is 2.94. The summed E-state index contributed by atoms with van der Waals surface area (Å²) in [7, 11) is 1.49. The quantitative estimate of drug-likeness (QED) is 0.316. The standard InChI is InChI=1S/C12H16BrNO5/c1-3-18-4-5-19-12-7-10(14(15)16)9(8-13)6-11(12)17-2/h6-7H,3-5,8H2,1-2H3. The van der Waals surface area contributed by atoms with Gasteiger partial charge in [-0.3, -0.25) is 10.1 Å². The van der Waals surface area contributed by atoms with E-state index >= 15 is 0 Å². The number of nitrogens with zero attached hydrogens (tertiary/aromatic N) is 1. The molecule has 0 spiro atoms. The van der Waals surface area contributed by atoms with E-state index in [1.165, 1.54) is 13.2 Å². The molecule has 106 valence electrons. The van der Waals surface area contributed by atoms with Crippen LogP contribution in [0.5, 0.6) is 11.5 Å². The van der Waals surface area contributed by atoms with Crippen molar-refractivity contribution in [2.24, 2.45) is 0 Å². The molecule has 7 heteroatoms. The molecular weight excluding hydrogens is 318 g/mol. The third-order valence-electron chi connectivity index (χ3n) is 2.39. The normalized spacial score (nSPS) is 10.3. The van der Waals surface area contributed by atoms with Crippen LogP contribution in [0.25, 0.3) is 0 Å². The summed E-state index contributed by atoms with van der Waals surface area (Å²) in [6.07, 6.45) is 0. The van der Waals surface area contributed by atoms with Crippen molar-refractivity contribution in [3.63, 3.8) is 0 Å². The smallest absolute Gasteiger partial charge is 0.277 e. The van der Waals surface area contributed by atoms with Crippen molar-refractivity contribution in [1.82, 2.24) is 0 Å². The van der Waals surface area contributed by atoms with Crippen molar-refractivity contribution in [3.8, 4) is 11.5 Å². The van der Waals surface area contributed by atoms with Gasteiger partial charge in [0, 0.05) is 17.5 Å². The first-order valence-corrected chi connectivity index (χ1v) is 6.88. The van der Waals surface area contributed by atoms with Gasteiger partial charge in [-0.2, -0.15) is 0 Å². The summed E-state index contributed by atoms with van der Waals surface area (Å²) in [5.41, 5.74) is 0.545. The molecule has 0 aliphatic heterocycles. The maximum atomic E-state index is 11.0. The highest BCUT2D eigenvalue weighted by Gasteiger charge is 2.18. The van der Waals surface area contributed by atoms with Crippen LogP contribution in [0, 0.1) is 10.1 Å². The fourth-order valence-electron chi connectivity index (χ4n) is 1.50. The zero-order valence-electron chi connectivity index (χ0n) is 10.8. The highest BCUT2D eigenvalue weighted by Crippen LogP contribution is 2.35. The monoisotopic (exact) mass is 333 g/mol. The molecular formula is C12H16BrNO5. The van der Waals surface area contributed by atoms with E-state index < -0.39 is 4.92 Å². The Kier molecular flexibility index (Phi) is 6.58. The molecule has 0 radical (unpaired) electrons. The first-order valence-electron chi connectivity index (χ1n) is 5.75. The minimum Gasteiger partial charge on any atom is -0.493 e. The van der Waals surface area contributed by atoms with E-state index in [1.807, 2.05) is 6.92 Å². The second-order valence-corrected chi connectivity index (χ2v) is 4.13. The Morgan fingerprint density at radius 3 is 2.58 bits per heavy atom. The molecule has 0 N–H and O–H groups in total. The Labute approximate surface area is 119 Å². The summed E-state index contributed by atoms with van der Waals surface area (Å²) in [6, 6.07) is 2.98. The van der Waals surface area contributed by atoms with Gasteiger partial charge in [-0.25, -0.2) is 0 Å². The predicted octanol–water partition coefficient (Wildman–Crippen LogP) is 2.91. The molecule has 6 nitrogen and oxygen atoms in total. The molecule has 0 saturated heterocycles. The SMILES string of the molecule is CCOCCOc1cc([N+](=O)[O-])c(CBr)cc1OC. The Bertz CT molecular complexity index is 438. The maximum absolute atomic E-state index is 11.0. The number of hydrogen-bond acceptors (Lipinski definition) is 5. The molecule has 0 bridgehead atoms. The first kappa shape index (κ1) is 15.7. The van der Waals surface area contributed by atoms with Crippen molar-refractivity contribution >= 4 is 21.6 Å². The van der Waals surface area contributed by atoms with Gasteiger partial charge in [0.15, 0.2) is 11.5 Å². The van der Waals surface area contributed by atoms with E-state index in [0.717, 1.165) is 0 Å². The fourth-order valence-corrected chi connectivity index (χ4v) is 1.94. The molecule has 1 rings (SSSR count). The highest BCUT2D eigenvalue weighted by atomic mass is 79.9. The summed E-state index contributed by atoms with van der Waals surface area (Å²) in [5.74, 6) is 0.815. The van der Waals surface area contributed by atoms with Crippen molar-refractivity contribution < 1.29 is 19.1 Å². The van der Waals surface area contributed by atoms with Gasteiger partial charge < -0.3 is 14.2 Å². The average molecular weight is 334 g/mol. The zero-order valence-corrected chi connectivity index (χ0v) is 12.4. The van der Waals surface area contributed by atoms with Crippen LogP contribution >= 0.6 is 15.9 Å². The second kappa shape index (κ2) is 7.96. The Morgan fingerprint density at radius 1 is 1.32 bits per heavy atom. The Morgan fingerprint density at radius 2 is 2.05 bits per heavy atom. The third kappa shape index (κ3) is 4.36. The lowest BCUT2D eigenvalue weighted by atomic mass is 10.2. The summed E-state index contributed by atoms with van der Waals surface area (Å²) < 4.78 is 15.8. The van der Waals surface area contributed by atoms with E-state index in [2.05, 4.69) is 15.9 Å². The van der Waals surface area contributed by atoms with Crippen LogP contribution in [0.3, 0.4) is 0 Å². The van der Waals surface area contributed by atoms with Gasteiger partial charge in [0.1, 0.15) is 6.61 Å². The van der Waals surface area contributed by atoms with Gasteiger partial charge in [0.25, 0.3) is 5.69 Å². The average Bonchev–Trinajstić information content (AvgIpc) is 2.42. The van der Waals surface area contributed by atoms with Crippen molar-refractivity contribution in [3.05, 3.63) is 27.8 Å². The van der Waals surface area contributed by atoms with Crippen molar-refractivity contribution in [2.75, 3.05) is 26.9 Å². The minimum absolute atomic E-state index is 0.00378. The van der Waals surface area contributed by atoms with Crippen LogP contribution in [0.15, 0.2) is 12.1 Å². The molecule has 1 aromatic rings. The van der Waals surface area contributed by atoms with Crippen molar-refractivity contribution in [2.45, 2.75) is 12.3 Å². The van der Waals surface area contributed by atoms with Gasteiger partial charge in [-0.05, 0) is 13.0 Å².